The average molecular weight is 226 g/mol. The number of aliphatic hydroxyl groups is 2. The molecule has 2 heterocycles. The molecule has 16 heavy (non-hydrogen) atoms. The number of hydrogen-bond acceptors (Lipinski definition) is 8. The maximum absolute atomic E-state index is 9.36. The van der Waals surface area contributed by atoms with Crippen molar-refractivity contribution in [2.24, 2.45) is 0 Å². The van der Waals surface area contributed by atoms with Crippen LogP contribution in [-0.4, -0.2) is 55.4 Å². The minimum atomic E-state index is -0.725. The largest absolute Gasteiger partial charge is 0.389 e. The Labute approximate surface area is 91.9 Å². The molecule has 8 heteroatoms. The molecule has 6 N–H and O–H groups in total. The SMILES string of the molecule is Nc1nc(N)nc(CN2CC(O)C(O)C2)n1. The molecule has 0 aliphatic carbocycles. The van der Waals surface area contributed by atoms with Gasteiger partial charge in [-0.1, -0.05) is 0 Å². The van der Waals surface area contributed by atoms with Crippen LogP contribution in [0.3, 0.4) is 0 Å². The topological polar surface area (TPSA) is 134 Å². The van der Waals surface area contributed by atoms with Gasteiger partial charge in [-0.15, -0.1) is 0 Å². The van der Waals surface area contributed by atoms with E-state index in [1.165, 1.54) is 0 Å². The molecular formula is C8H14N6O2. The van der Waals surface area contributed by atoms with Crippen LogP contribution in [0, 0.1) is 0 Å². The first-order valence-electron chi connectivity index (χ1n) is 4.89. The number of nitrogen functional groups attached to an aromatic ring is 2. The summed E-state index contributed by atoms with van der Waals surface area (Å²) in [6.07, 6.45) is -1.45. The molecule has 0 saturated carbocycles. The minimum Gasteiger partial charge on any atom is -0.389 e. The van der Waals surface area contributed by atoms with Crippen molar-refractivity contribution in [1.82, 2.24) is 19.9 Å². The number of anilines is 2. The molecule has 88 valence electrons. The van der Waals surface area contributed by atoms with Crippen LogP contribution in [-0.2, 0) is 6.54 Å². The highest BCUT2D eigenvalue weighted by Crippen LogP contribution is 2.12. The predicted octanol–water partition coefficient (Wildman–Crippen LogP) is -2.43. The number of hydrogen-bond donors (Lipinski definition) is 4. The summed E-state index contributed by atoms with van der Waals surface area (Å²) in [5.41, 5.74) is 10.9. The van der Waals surface area contributed by atoms with Crippen molar-refractivity contribution >= 4 is 11.9 Å². The van der Waals surface area contributed by atoms with Gasteiger partial charge in [-0.25, -0.2) is 0 Å². The maximum Gasteiger partial charge on any atom is 0.225 e. The highest BCUT2D eigenvalue weighted by molar-refractivity contribution is 5.25. The minimum absolute atomic E-state index is 0.0720. The van der Waals surface area contributed by atoms with E-state index in [1.807, 2.05) is 4.90 Å². The molecule has 2 unspecified atom stereocenters. The van der Waals surface area contributed by atoms with Crippen LogP contribution in [0.5, 0.6) is 0 Å². The van der Waals surface area contributed by atoms with Crippen molar-refractivity contribution in [3.05, 3.63) is 5.82 Å². The Hall–Kier alpha value is -1.51. The third kappa shape index (κ3) is 2.35. The molecule has 1 aliphatic heterocycles. The van der Waals surface area contributed by atoms with E-state index in [9.17, 15) is 10.2 Å². The van der Waals surface area contributed by atoms with Crippen LogP contribution >= 0.6 is 0 Å². The average Bonchev–Trinajstić information content (AvgIpc) is 2.43. The van der Waals surface area contributed by atoms with E-state index in [0.29, 0.717) is 25.5 Å². The summed E-state index contributed by atoms with van der Waals surface area (Å²) in [4.78, 5) is 13.3. The van der Waals surface area contributed by atoms with Crippen molar-refractivity contribution in [2.45, 2.75) is 18.8 Å². The predicted molar refractivity (Wildman–Crippen MR) is 55.9 cm³/mol. The van der Waals surface area contributed by atoms with Crippen LogP contribution < -0.4 is 11.5 Å². The molecule has 1 fully saturated rings. The molecule has 1 aromatic rings. The van der Waals surface area contributed by atoms with Crippen LogP contribution in [0.2, 0.25) is 0 Å². The Kier molecular flexibility index (Phi) is 2.86. The van der Waals surface area contributed by atoms with Crippen LogP contribution in [0.25, 0.3) is 0 Å². The zero-order valence-corrected chi connectivity index (χ0v) is 8.61. The summed E-state index contributed by atoms with van der Waals surface area (Å²) in [6.45, 7) is 1.14. The van der Waals surface area contributed by atoms with Crippen LogP contribution in [0.1, 0.15) is 5.82 Å². The monoisotopic (exact) mass is 226 g/mol. The first-order chi connectivity index (χ1) is 7.54. The number of β-amino-alcohol motifs (C(OH)–C–C–N with tert-alkyl or cyclic N) is 2. The lowest BCUT2D eigenvalue weighted by Gasteiger charge is -2.13. The van der Waals surface area contributed by atoms with Crippen molar-refractivity contribution in [3.63, 3.8) is 0 Å². The van der Waals surface area contributed by atoms with Gasteiger partial charge in [-0.3, -0.25) is 4.90 Å². The zero-order chi connectivity index (χ0) is 11.7. The number of nitrogens with zero attached hydrogens (tertiary/aromatic N) is 4. The van der Waals surface area contributed by atoms with Gasteiger partial charge < -0.3 is 21.7 Å². The van der Waals surface area contributed by atoms with Gasteiger partial charge in [-0.05, 0) is 0 Å². The molecule has 2 atom stereocenters. The maximum atomic E-state index is 9.36. The summed E-state index contributed by atoms with van der Waals surface area (Å²) in [6, 6.07) is 0. The van der Waals surface area contributed by atoms with Gasteiger partial charge in [0.15, 0.2) is 0 Å². The van der Waals surface area contributed by atoms with E-state index < -0.39 is 12.2 Å². The molecule has 1 aliphatic rings. The number of aliphatic hydroxyl groups excluding tert-OH is 2. The molecule has 8 nitrogen and oxygen atoms in total. The van der Waals surface area contributed by atoms with Gasteiger partial charge in [0.25, 0.3) is 0 Å². The molecule has 2 rings (SSSR count). The van der Waals surface area contributed by atoms with Crippen molar-refractivity contribution in [2.75, 3.05) is 24.6 Å². The molecule has 1 aromatic heterocycles. The second-order valence-corrected chi connectivity index (χ2v) is 3.80. The van der Waals surface area contributed by atoms with Gasteiger partial charge in [0, 0.05) is 13.1 Å². The van der Waals surface area contributed by atoms with E-state index >= 15 is 0 Å². The molecule has 0 radical (unpaired) electrons. The quantitative estimate of drug-likeness (QED) is 0.437. The lowest BCUT2D eigenvalue weighted by atomic mass is 10.3. The van der Waals surface area contributed by atoms with Gasteiger partial charge in [0.2, 0.25) is 11.9 Å². The van der Waals surface area contributed by atoms with Gasteiger partial charge in [0.1, 0.15) is 5.82 Å². The molecule has 0 aromatic carbocycles. The first-order valence-corrected chi connectivity index (χ1v) is 4.89. The summed E-state index contributed by atoms with van der Waals surface area (Å²) in [5.74, 6) is 0.580. The smallest absolute Gasteiger partial charge is 0.225 e. The number of rotatable bonds is 2. The Balaban J connectivity index is 2.04. The molecular weight excluding hydrogens is 212 g/mol. The lowest BCUT2D eigenvalue weighted by Crippen LogP contribution is -2.23. The Morgan fingerprint density at radius 3 is 2.06 bits per heavy atom. The fraction of sp³-hybridized carbons (Fsp3) is 0.625. The van der Waals surface area contributed by atoms with Crippen molar-refractivity contribution in [3.8, 4) is 0 Å². The van der Waals surface area contributed by atoms with Crippen molar-refractivity contribution < 1.29 is 10.2 Å². The van der Waals surface area contributed by atoms with Crippen LogP contribution in [0.4, 0.5) is 11.9 Å². The van der Waals surface area contributed by atoms with E-state index in [0.717, 1.165) is 0 Å². The Bertz CT molecular complexity index is 357. The first kappa shape index (κ1) is 11.0. The summed E-state index contributed by atoms with van der Waals surface area (Å²) >= 11 is 0. The normalized spacial score (nSPS) is 26.1. The summed E-state index contributed by atoms with van der Waals surface area (Å²) in [5, 5.41) is 18.7. The van der Waals surface area contributed by atoms with E-state index in [1.54, 1.807) is 0 Å². The van der Waals surface area contributed by atoms with Gasteiger partial charge in [0.05, 0.1) is 18.8 Å². The Morgan fingerprint density at radius 1 is 1.06 bits per heavy atom. The van der Waals surface area contributed by atoms with E-state index in [4.69, 9.17) is 11.5 Å². The molecule has 0 bridgehead atoms. The fourth-order valence-corrected chi connectivity index (χ4v) is 1.70. The molecule has 0 spiro atoms. The van der Waals surface area contributed by atoms with Crippen molar-refractivity contribution in [1.29, 1.82) is 0 Å². The second kappa shape index (κ2) is 4.16. The standard InChI is InChI=1S/C8H14N6O2/c9-7-11-6(12-8(10)13-7)3-14-1-4(15)5(16)2-14/h4-5,15-16H,1-3H2,(H4,9,10,11,12,13). The molecule has 1 saturated heterocycles. The highest BCUT2D eigenvalue weighted by atomic mass is 16.3. The van der Waals surface area contributed by atoms with Gasteiger partial charge >= 0.3 is 0 Å². The second-order valence-electron chi connectivity index (χ2n) is 3.80. The summed E-state index contributed by atoms with van der Waals surface area (Å²) in [7, 11) is 0. The molecule has 0 amide bonds. The third-order valence-corrected chi connectivity index (χ3v) is 2.42. The fourth-order valence-electron chi connectivity index (χ4n) is 1.70. The van der Waals surface area contributed by atoms with E-state index in [2.05, 4.69) is 15.0 Å². The number of aromatic nitrogens is 3. The lowest BCUT2D eigenvalue weighted by molar-refractivity contribution is 0.0572. The number of nitrogens with two attached hydrogens (primary N) is 2. The number of likely N-dealkylation sites (tertiary alicyclic amines) is 1. The third-order valence-electron chi connectivity index (χ3n) is 2.42. The zero-order valence-electron chi connectivity index (χ0n) is 8.61. The van der Waals surface area contributed by atoms with E-state index in [-0.39, 0.29) is 11.9 Å². The summed E-state index contributed by atoms with van der Waals surface area (Å²) < 4.78 is 0. The van der Waals surface area contributed by atoms with Crippen LogP contribution in [0.15, 0.2) is 0 Å². The highest BCUT2D eigenvalue weighted by Gasteiger charge is 2.29. The Morgan fingerprint density at radius 2 is 1.56 bits per heavy atom. The van der Waals surface area contributed by atoms with Gasteiger partial charge in [-0.2, -0.15) is 15.0 Å².